The van der Waals surface area contributed by atoms with Crippen LogP contribution in [0.25, 0.3) is 0 Å². The van der Waals surface area contributed by atoms with E-state index in [-0.39, 0.29) is 25.0 Å². The van der Waals surface area contributed by atoms with Gasteiger partial charge in [0, 0.05) is 13.1 Å². The summed E-state index contributed by atoms with van der Waals surface area (Å²) < 4.78 is 35.4. The predicted molar refractivity (Wildman–Crippen MR) is 62.8 cm³/mol. The molecule has 0 aliphatic rings. The van der Waals surface area contributed by atoms with Gasteiger partial charge >= 0.3 is 0 Å². The molecule has 0 atom stereocenters. The van der Waals surface area contributed by atoms with Crippen LogP contribution in [0, 0.1) is 0 Å². The molecule has 0 aliphatic heterocycles. The lowest BCUT2D eigenvalue weighted by Crippen LogP contribution is -2.32. The Bertz CT molecular complexity index is 254. The van der Waals surface area contributed by atoms with Gasteiger partial charge in [-0.1, -0.05) is 0 Å². The van der Waals surface area contributed by atoms with Gasteiger partial charge in [0.2, 0.25) is 10.0 Å². The molecule has 0 radical (unpaired) electrons. The Labute approximate surface area is 97.5 Å². The minimum atomic E-state index is -3.25. The average molecular weight is 254 g/mol. The Morgan fingerprint density at radius 1 is 1.25 bits per heavy atom. The molecule has 0 spiro atoms. The average Bonchev–Trinajstić information content (AvgIpc) is 2.16. The van der Waals surface area contributed by atoms with E-state index in [1.807, 2.05) is 13.8 Å². The SMILES string of the molecule is CC(C)OCCS(=O)(=O)NCCOCCN. The Balaban J connectivity index is 3.55. The highest BCUT2D eigenvalue weighted by Gasteiger charge is 2.09. The Morgan fingerprint density at radius 3 is 2.50 bits per heavy atom. The zero-order valence-corrected chi connectivity index (χ0v) is 10.8. The lowest BCUT2D eigenvalue weighted by molar-refractivity contribution is 0.0910. The molecule has 0 amide bonds. The molecule has 0 saturated heterocycles. The van der Waals surface area contributed by atoms with Gasteiger partial charge in [-0.05, 0) is 13.8 Å². The molecule has 98 valence electrons. The molecule has 0 heterocycles. The topological polar surface area (TPSA) is 90.7 Å². The van der Waals surface area contributed by atoms with Crippen molar-refractivity contribution in [3.05, 3.63) is 0 Å². The van der Waals surface area contributed by atoms with E-state index < -0.39 is 10.0 Å². The van der Waals surface area contributed by atoms with Crippen molar-refractivity contribution in [2.45, 2.75) is 20.0 Å². The molecular formula is C9H22N2O4S. The van der Waals surface area contributed by atoms with Gasteiger partial charge < -0.3 is 15.2 Å². The first-order valence-electron chi connectivity index (χ1n) is 5.34. The van der Waals surface area contributed by atoms with Gasteiger partial charge in [0.1, 0.15) is 0 Å². The largest absolute Gasteiger partial charge is 0.379 e. The molecule has 0 aromatic rings. The van der Waals surface area contributed by atoms with E-state index >= 15 is 0 Å². The second-order valence-electron chi connectivity index (χ2n) is 3.53. The van der Waals surface area contributed by atoms with Crippen LogP contribution in [0.5, 0.6) is 0 Å². The van der Waals surface area contributed by atoms with Gasteiger partial charge in [-0.3, -0.25) is 0 Å². The van der Waals surface area contributed by atoms with Crippen LogP contribution in [0.1, 0.15) is 13.8 Å². The third-order valence-corrected chi connectivity index (χ3v) is 2.98. The standard InChI is InChI=1S/C9H22N2O4S/c1-9(2)15-7-8-16(12,13)11-4-6-14-5-3-10/h9,11H,3-8,10H2,1-2H3. The normalized spacial score (nSPS) is 12.2. The summed E-state index contributed by atoms with van der Waals surface area (Å²) in [6, 6.07) is 0. The zero-order chi connectivity index (χ0) is 12.4. The van der Waals surface area contributed by atoms with Crippen LogP contribution >= 0.6 is 0 Å². The van der Waals surface area contributed by atoms with Crippen molar-refractivity contribution in [1.82, 2.24) is 4.72 Å². The Morgan fingerprint density at radius 2 is 1.94 bits per heavy atom. The molecule has 16 heavy (non-hydrogen) atoms. The van der Waals surface area contributed by atoms with Gasteiger partial charge in [-0.15, -0.1) is 0 Å². The third kappa shape index (κ3) is 10.3. The van der Waals surface area contributed by atoms with Crippen molar-refractivity contribution in [3.63, 3.8) is 0 Å². The summed E-state index contributed by atoms with van der Waals surface area (Å²) >= 11 is 0. The van der Waals surface area contributed by atoms with Crippen molar-refractivity contribution < 1.29 is 17.9 Å². The summed E-state index contributed by atoms with van der Waals surface area (Å²) in [5, 5.41) is 0. The number of ether oxygens (including phenoxy) is 2. The highest BCUT2D eigenvalue weighted by molar-refractivity contribution is 7.89. The molecule has 3 N–H and O–H groups in total. The van der Waals surface area contributed by atoms with E-state index in [1.165, 1.54) is 0 Å². The quantitative estimate of drug-likeness (QED) is 0.503. The summed E-state index contributed by atoms with van der Waals surface area (Å²) in [5.74, 6) is -0.0257. The minimum Gasteiger partial charge on any atom is -0.379 e. The van der Waals surface area contributed by atoms with E-state index in [4.69, 9.17) is 15.2 Å². The molecular weight excluding hydrogens is 232 g/mol. The predicted octanol–water partition coefficient (Wildman–Crippen LogP) is -0.694. The molecule has 7 heteroatoms. The summed E-state index contributed by atoms with van der Waals surface area (Å²) in [7, 11) is -3.25. The van der Waals surface area contributed by atoms with Gasteiger partial charge in [-0.2, -0.15) is 0 Å². The first kappa shape index (κ1) is 15.8. The Hall–Kier alpha value is -0.210. The van der Waals surface area contributed by atoms with E-state index in [9.17, 15) is 8.42 Å². The fourth-order valence-electron chi connectivity index (χ4n) is 0.920. The number of nitrogens with one attached hydrogen (secondary N) is 1. The molecule has 0 fully saturated rings. The molecule has 0 saturated carbocycles. The van der Waals surface area contributed by atoms with Crippen LogP contribution in [-0.4, -0.2) is 53.2 Å². The van der Waals surface area contributed by atoms with Crippen molar-refractivity contribution in [2.75, 3.05) is 38.7 Å². The van der Waals surface area contributed by atoms with E-state index in [1.54, 1.807) is 0 Å². The lowest BCUT2D eigenvalue weighted by atomic mass is 10.5. The second-order valence-corrected chi connectivity index (χ2v) is 5.46. The fourth-order valence-corrected chi connectivity index (χ4v) is 1.77. The van der Waals surface area contributed by atoms with Gasteiger partial charge in [-0.25, -0.2) is 13.1 Å². The van der Waals surface area contributed by atoms with E-state index in [0.29, 0.717) is 19.8 Å². The molecule has 0 aliphatic carbocycles. The number of hydrogen-bond donors (Lipinski definition) is 2. The maximum Gasteiger partial charge on any atom is 0.213 e. The van der Waals surface area contributed by atoms with Crippen molar-refractivity contribution in [1.29, 1.82) is 0 Å². The summed E-state index contributed by atoms with van der Waals surface area (Å²) in [6.07, 6.45) is 0.0445. The van der Waals surface area contributed by atoms with Gasteiger partial charge in [0.15, 0.2) is 0 Å². The van der Waals surface area contributed by atoms with Crippen LogP contribution in [0.4, 0.5) is 0 Å². The maximum absolute atomic E-state index is 11.4. The third-order valence-electron chi connectivity index (χ3n) is 1.63. The van der Waals surface area contributed by atoms with Crippen LogP contribution in [0.3, 0.4) is 0 Å². The number of hydrogen-bond acceptors (Lipinski definition) is 5. The van der Waals surface area contributed by atoms with Crippen LogP contribution < -0.4 is 10.5 Å². The first-order chi connectivity index (χ1) is 7.48. The highest BCUT2D eigenvalue weighted by atomic mass is 32.2. The Kier molecular flexibility index (Phi) is 8.77. The fraction of sp³-hybridized carbons (Fsp3) is 1.00. The highest BCUT2D eigenvalue weighted by Crippen LogP contribution is 1.90. The second kappa shape index (κ2) is 8.89. The number of nitrogens with two attached hydrogens (primary N) is 1. The minimum absolute atomic E-state index is 0.0257. The van der Waals surface area contributed by atoms with Crippen LogP contribution in [0.2, 0.25) is 0 Å². The van der Waals surface area contributed by atoms with E-state index in [0.717, 1.165) is 0 Å². The number of rotatable bonds is 10. The molecule has 0 unspecified atom stereocenters. The lowest BCUT2D eigenvalue weighted by Gasteiger charge is -2.09. The van der Waals surface area contributed by atoms with Crippen molar-refractivity contribution in [3.8, 4) is 0 Å². The number of sulfonamides is 1. The van der Waals surface area contributed by atoms with Crippen molar-refractivity contribution >= 4 is 10.0 Å². The molecule has 0 bridgehead atoms. The maximum atomic E-state index is 11.4. The smallest absolute Gasteiger partial charge is 0.213 e. The summed E-state index contributed by atoms with van der Waals surface area (Å²) in [4.78, 5) is 0. The van der Waals surface area contributed by atoms with Crippen LogP contribution in [0.15, 0.2) is 0 Å². The van der Waals surface area contributed by atoms with Gasteiger partial charge in [0.05, 0.1) is 31.7 Å². The monoisotopic (exact) mass is 254 g/mol. The zero-order valence-electron chi connectivity index (χ0n) is 9.94. The molecule has 0 aromatic heterocycles. The molecule has 0 aromatic carbocycles. The summed E-state index contributed by atoms with van der Waals surface area (Å²) in [6.45, 7) is 5.41. The summed E-state index contributed by atoms with van der Waals surface area (Å²) in [5.41, 5.74) is 5.21. The molecule has 6 nitrogen and oxygen atoms in total. The van der Waals surface area contributed by atoms with Crippen molar-refractivity contribution in [2.24, 2.45) is 5.73 Å². The van der Waals surface area contributed by atoms with Gasteiger partial charge in [0.25, 0.3) is 0 Å². The van der Waals surface area contributed by atoms with Crippen LogP contribution in [-0.2, 0) is 19.5 Å². The first-order valence-corrected chi connectivity index (χ1v) is 7.00. The molecule has 0 rings (SSSR count). The van der Waals surface area contributed by atoms with E-state index in [2.05, 4.69) is 4.72 Å².